The summed E-state index contributed by atoms with van der Waals surface area (Å²) in [6, 6.07) is -0.230. The molecule has 0 radical (unpaired) electrons. The van der Waals surface area contributed by atoms with Gasteiger partial charge in [0.05, 0.1) is 12.1 Å². The molecule has 4 atom stereocenters. The van der Waals surface area contributed by atoms with Crippen molar-refractivity contribution in [3.8, 4) is 0 Å². The van der Waals surface area contributed by atoms with Gasteiger partial charge < -0.3 is 14.9 Å². The van der Waals surface area contributed by atoms with Gasteiger partial charge in [-0.2, -0.15) is 0 Å². The first-order chi connectivity index (χ1) is 9.14. The Labute approximate surface area is 120 Å². The zero-order chi connectivity index (χ0) is 15.2. The number of piperazine rings is 1. The van der Waals surface area contributed by atoms with E-state index in [2.05, 4.69) is 6.92 Å². The third kappa shape index (κ3) is 2.63. The van der Waals surface area contributed by atoms with Gasteiger partial charge in [0.25, 0.3) is 0 Å². The van der Waals surface area contributed by atoms with Crippen molar-refractivity contribution in [2.24, 2.45) is 17.3 Å². The van der Waals surface area contributed by atoms with Gasteiger partial charge in [0.15, 0.2) is 0 Å². The van der Waals surface area contributed by atoms with Crippen molar-refractivity contribution >= 4 is 12.0 Å². The minimum Gasteiger partial charge on any atom is -0.465 e. The molecule has 0 aromatic heterocycles. The molecule has 20 heavy (non-hydrogen) atoms. The highest BCUT2D eigenvalue weighted by atomic mass is 16.4. The zero-order valence-electron chi connectivity index (χ0n) is 13.1. The maximum absolute atomic E-state index is 12.5. The van der Waals surface area contributed by atoms with E-state index in [0.717, 1.165) is 6.42 Å². The molecule has 1 aliphatic heterocycles. The van der Waals surface area contributed by atoms with Crippen molar-refractivity contribution in [2.75, 3.05) is 13.1 Å². The minimum atomic E-state index is -0.885. The van der Waals surface area contributed by atoms with Crippen LogP contribution in [-0.2, 0) is 4.79 Å². The van der Waals surface area contributed by atoms with Crippen LogP contribution in [0.3, 0.4) is 0 Å². The first kappa shape index (κ1) is 15.1. The highest BCUT2D eigenvalue weighted by molar-refractivity contribution is 5.82. The minimum absolute atomic E-state index is 0.0693. The van der Waals surface area contributed by atoms with Crippen molar-refractivity contribution < 1.29 is 14.7 Å². The summed E-state index contributed by atoms with van der Waals surface area (Å²) in [5.74, 6) is 0.860. The van der Waals surface area contributed by atoms with Gasteiger partial charge in [-0.05, 0) is 24.7 Å². The van der Waals surface area contributed by atoms with Crippen molar-refractivity contribution in [2.45, 2.75) is 53.1 Å². The summed E-state index contributed by atoms with van der Waals surface area (Å²) >= 11 is 0. The van der Waals surface area contributed by atoms with E-state index in [1.54, 1.807) is 0 Å². The van der Waals surface area contributed by atoms with E-state index in [0.29, 0.717) is 19.0 Å². The van der Waals surface area contributed by atoms with E-state index < -0.39 is 6.09 Å². The predicted molar refractivity (Wildman–Crippen MR) is 76.4 cm³/mol. The molecule has 1 N–H and O–H groups in total. The van der Waals surface area contributed by atoms with Crippen LogP contribution in [-0.4, -0.2) is 52.1 Å². The molecule has 2 rings (SSSR count). The Bertz CT molecular complexity index is 416. The lowest BCUT2D eigenvalue weighted by Gasteiger charge is -2.50. The Morgan fingerprint density at radius 2 is 1.60 bits per heavy atom. The lowest BCUT2D eigenvalue weighted by molar-refractivity contribution is -0.141. The number of nitrogens with zero attached hydrogens (tertiary/aromatic N) is 2. The van der Waals surface area contributed by atoms with Crippen molar-refractivity contribution in [3.63, 3.8) is 0 Å². The fourth-order valence-corrected chi connectivity index (χ4v) is 3.58. The summed E-state index contributed by atoms with van der Waals surface area (Å²) in [6.45, 7) is 11.1. The Morgan fingerprint density at radius 3 is 2.00 bits per heavy atom. The zero-order valence-corrected chi connectivity index (χ0v) is 13.1. The molecule has 0 bridgehead atoms. The average Bonchev–Trinajstić information content (AvgIpc) is 3.03. The fourth-order valence-electron chi connectivity index (χ4n) is 3.58. The molecular weight excluding hydrogens is 256 g/mol. The molecule has 0 aromatic carbocycles. The van der Waals surface area contributed by atoms with E-state index in [1.807, 2.05) is 32.6 Å². The first-order valence-corrected chi connectivity index (χ1v) is 7.44. The predicted octanol–water partition coefficient (Wildman–Crippen LogP) is 2.27. The van der Waals surface area contributed by atoms with Crippen LogP contribution in [0, 0.1) is 17.3 Å². The van der Waals surface area contributed by atoms with Crippen LogP contribution < -0.4 is 0 Å². The monoisotopic (exact) mass is 282 g/mol. The number of hydrogen-bond donors (Lipinski definition) is 1. The molecule has 1 aliphatic carbocycles. The smallest absolute Gasteiger partial charge is 0.407 e. The molecule has 2 aliphatic rings. The Balaban J connectivity index is 2.20. The third-order valence-electron chi connectivity index (χ3n) is 4.71. The molecule has 0 aromatic rings. The van der Waals surface area contributed by atoms with Crippen molar-refractivity contribution in [3.05, 3.63) is 0 Å². The summed E-state index contributed by atoms with van der Waals surface area (Å²) in [6.07, 6.45) is 0.0916. The molecule has 1 saturated heterocycles. The van der Waals surface area contributed by atoms with Gasteiger partial charge in [0.2, 0.25) is 5.91 Å². The maximum atomic E-state index is 12.5. The Hall–Kier alpha value is -1.26. The highest BCUT2D eigenvalue weighted by Crippen LogP contribution is 2.41. The van der Waals surface area contributed by atoms with Crippen molar-refractivity contribution in [1.82, 2.24) is 9.80 Å². The molecule has 5 heteroatoms. The van der Waals surface area contributed by atoms with Crippen LogP contribution in [0.4, 0.5) is 4.79 Å². The summed E-state index contributed by atoms with van der Waals surface area (Å²) in [7, 11) is 0. The number of carbonyl (C=O) groups is 2. The average molecular weight is 282 g/mol. The van der Waals surface area contributed by atoms with Crippen LogP contribution in [0.1, 0.15) is 41.0 Å². The van der Waals surface area contributed by atoms with Crippen LogP contribution in [0.15, 0.2) is 0 Å². The van der Waals surface area contributed by atoms with Gasteiger partial charge in [-0.3, -0.25) is 4.79 Å². The van der Waals surface area contributed by atoms with Crippen LogP contribution >= 0.6 is 0 Å². The third-order valence-corrected chi connectivity index (χ3v) is 4.71. The van der Waals surface area contributed by atoms with Gasteiger partial charge in [0.1, 0.15) is 0 Å². The first-order valence-electron chi connectivity index (χ1n) is 7.44. The van der Waals surface area contributed by atoms with Crippen LogP contribution in [0.2, 0.25) is 0 Å². The van der Waals surface area contributed by atoms with Gasteiger partial charge in [0, 0.05) is 19.0 Å². The molecule has 5 nitrogen and oxygen atoms in total. The molecule has 2 fully saturated rings. The summed E-state index contributed by atoms with van der Waals surface area (Å²) in [4.78, 5) is 27.4. The lowest BCUT2D eigenvalue weighted by atomic mass is 9.80. The van der Waals surface area contributed by atoms with Crippen LogP contribution in [0.5, 0.6) is 0 Å². The molecule has 1 heterocycles. The van der Waals surface area contributed by atoms with E-state index >= 15 is 0 Å². The van der Waals surface area contributed by atoms with Gasteiger partial charge in [-0.25, -0.2) is 4.79 Å². The number of carboxylic acid groups (broad SMARTS) is 1. The summed E-state index contributed by atoms with van der Waals surface area (Å²) in [5, 5.41) is 9.40. The Kier molecular flexibility index (Phi) is 3.73. The molecule has 114 valence electrons. The summed E-state index contributed by atoms with van der Waals surface area (Å²) in [5.41, 5.74) is -0.189. The van der Waals surface area contributed by atoms with E-state index in [9.17, 15) is 14.7 Å². The summed E-state index contributed by atoms with van der Waals surface area (Å²) < 4.78 is 0. The van der Waals surface area contributed by atoms with Crippen molar-refractivity contribution in [1.29, 1.82) is 0 Å². The van der Waals surface area contributed by atoms with E-state index in [4.69, 9.17) is 0 Å². The largest absolute Gasteiger partial charge is 0.465 e. The maximum Gasteiger partial charge on any atom is 0.407 e. The molecule has 2 amide bonds. The normalized spacial score (nSPS) is 34.0. The molecule has 2 unspecified atom stereocenters. The standard InChI is InChI=1S/C15H26N2O3/c1-9-8-11(9)13(18)16-6-7-17(14(19)20)12(10(16)2)15(3,4)5/h9-12H,6-8H2,1-5H3,(H,19,20)/t9-,10?,11-,12?/m1/s1. The number of rotatable bonds is 1. The molecule has 1 saturated carbocycles. The SMILES string of the molecule is CC1C(C(C)(C)C)N(C(=O)O)CCN1C(=O)[C@@H]1C[C@H]1C. The topological polar surface area (TPSA) is 60.9 Å². The number of hydrogen-bond acceptors (Lipinski definition) is 2. The number of amides is 2. The van der Waals surface area contributed by atoms with E-state index in [-0.39, 0.29) is 29.3 Å². The lowest BCUT2D eigenvalue weighted by Crippen LogP contribution is -2.65. The van der Waals surface area contributed by atoms with Gasteiger partial charge in [-0.1, -0.05) is 27.7 Å². The number of carbonyl (C=O) groups excluding carboxylic acids is 1. The molecule has 0 spiro atoms. The quantitative estimate of drug-likeness (QED) is 0.802. The fraction of sp³-hybridized carbons (Fsp3) is 0.867. The van der Waals surface area contributed by atoms with Gasteiger partial charge >= 0.3 is 6.09 Å². The highest BCUT2D eigenvalue weighted by Gasteiger charge is 2.48. The molecular formula is C15H26N2O3. The Morgan fingerprint density at radius 1 is 1.10 bits per heavy atom. The second kappa shape index (κ2) is 4.93. The second-order valence-electron chi connectivity index (χ2n) is 7.38. The van der Waals surface area contributed by atoms with E-state index in [1.165, 1.54) is 4.90 Å². The second-order valence-corrected chi connectivity index (χ2v) is 7.38. The van der Waals surface area contributed by atoms with Gasteiger partial charge in [-0.15, -0.1) is 0 Å². The van der Waals surface area contributed by atoms with Crippen LogP contribution in [0.25, 0.3) is 0 Å².